The van der Waals surface area contributed by atoms with Crippen LogP contribution in [0.4, 0.5) is 9.18 Å². The number of amides is 2. The highest BCUT2D eigenvalue weighted by molar-refractivity contribution is 6.31. The Bertz CT molecular complexity index is 448. The predicted molar refractivity (Wildman–Crippen MR) is 68.5 cm³/mol. The first-order valence-electron chi connectivity index (χ1n) is 5.67. The minimum Gasteiger partial charge on any atom is -0.481 e. The third-order valence-corrected chi connectivity index (χ3v) is 2.69. The molecule has 0 aliphatic carbocycles. The maximum absolute atomic E-state index is 13.4. The minimum absolute atomic E-state index is 0.0145. The van der Waals surface area contributed by atoms with E-state index in [0.29, 0.717) is 6.42 Å². The molecule has 7 heteroatoms. The van der Waals surface area contributed by atoms with Crippen LogP contribution in [0.1, 0.15) is 18.4 Å². The van der Waals surface area contributed by atoms with Gasteiger partial charge in [-0.1, -0.05) is 17.7 Å². The van der Waals surface area contributed by atoms with Crippen LogP contribution in [0.25, 0.3) is 0 Å². The van der Waals surface area contributed by atoms with Crippen LogP contribution >= 0.6 is 11.6 Å². The number of urea groups is 1. The molecule has 2 amide bonds. The molecule has 3 N–H and O–H groups in total. The van der Waals surface area contributed by atoms with E-state index in [1.165, 1.54) is 18.2 Å². The molecule has 0 bridgehead atoms. The van der Waals surface area contributed by atoms with Crippen molar-refractivity contribution in [3.05, 3.63) is 34.6 Å². The van der Waals surface area contributed by atoms with Crippen molar-refractivity contribution in [3.63, 3.8) is 0 Å². The lowest BCUT2D eigenvalue weighted by molar-refractivity contribution is -0.137. The van der Waals surface area contributed by atoms with Gasteiger partial charge in [-0.15, -0.1) is 0 Å². The predicted octanol–water partition coefficient (Wildman–Crippen LogP) is 2.14. The molecule has 0 atom stereocenters. The Kier molecular flexibility index (Phi) is 6.08. The first kappa shape index (κ1) is 15.2. The molecule has 0 fully saturated rings. The van der Waals surface area contributed by atoms with Gasteiger partial charge in [0.25, 0.3) is 0 Å². The van der Waals surface area contributed by atoms with E-state index in [1.54, 1.807) is 0 Å². The fourth-order valence-corrected chi connectivity index (χ4v) is 1.60. The van der Waals surface area contributed by atoms with E-state index in [2.05, 4.69) is 10.6 Å². The lowest BCUT2D eigenvalue weighted by atomic mass is 10.2. The molecule has 1 aromatic rings. The number of aliphatic carboxylic acids is 1. The van der Waals surface area contributed by atoms with Gasteiger partial charge in [0.2, 0.25) is 0 Å². The van der Waals surface area contributed by atoms with E-state index in [9.17, 15) is 14.0 Å². The average Bonchev–Trinajstić information content (AvgIpc) is 2.34. The van der Waals surface area contributed by atoms with E-state index >= 15 is 0 Å². The summed E-state index contributed by atoms with van der Waals surface area (Å²) in [6, 6.07) is 3.78. The van der Waals surface area contributed by atoms with Crippen LogP contribution in [0.3, 0.4) is 0 Å². The van der Waals surface area contributed by atoms with E-state index in [4.69, 9.17) is 16.7 Å². The SMILES string of the molecule is O=C(O)CCCNC(=O)NCc1c(F)cccc1Cl. The van der Waals surface area contributed by atoms with E-state index in [0.717, 1.165) is 0 Å². The number of hydrogen-bond acceptors (Lipinski definition) is 2. The van der Waals surface area contributed by atoms with Gasteiger partial charge in [-0.05, 0) is 18.6 Å². The Labute approximate surface area is 114 Å². The van der Waals surface area contributed by atoms with Crippen LogP contribution < -0.4 is 10.6 Å². The van der Waals surface area contributed by atoms with Crippen molar-refractivity contribution in [2.24, 2.45) is 0 Å². The number of carbonyl (C=O) groups excluding carboxylic acids is 1. The average molecular weight is 289 g/mol. The monoisotopic (exact) mass is 288 g/mol. The quantitative estimate of drug-likeness (QED) is 0.702. The molecule has 0 aliphatic rings. The Balaban J connectivity index is 2.32. The van der Waals surface area contributed by atoms with Crippen molar-refractivity contribution in [1.82, 2.24) is 10.6 Å². The standard InChI is InChI=1S/C12H14ClFN2O3/c13-9-3-1-4-10(14)8(9)7-16-12(19)15-6-2-5-11(17)18/h1,3-4H,2,5-7H2,(H,17,18)(H2,15,16,19). The van der Waals surface area contributed by atoms with Crippen LogP contribution in [0.5, 0.6) is 0 Å². The van der Waals surface area contributed by atoms with Crippen molar-refractivity contribution in [2.45, 2.75) is 19.4 Å². The van der Waals surface area contributed by atoms with Gasteiger partial charge in [-0.3, -0.25) is 4.79 Å². The summed E-state index contributed by atoms with van der Waals surface area (Å²) in [5.74, 6) is -1.40. The van der Waals surface area contributed by atoms with Gasteiger partial charge in [0.15, 0.2) is 0 Å². The Morgan fingerprint density at radius 2 is 2.05 bits per heavy atom. The summed E-state index contributed by atoms with van der Waals surface area (Å²) in [5.41, 5.74) is 0.213. The first-order chi connectivity index (χ1) is 9.00. The second kappa shape index (κ2) is 7.58. The van der Waals surface area contributed by atoms with E-state index < -0.39 is 17.8 Å². The maximum Gasteiger partial charge on any atom is 0.315 e. The summed E-state index contributed by atoms with van der Waals surface area (Å²) in [4.78, 5) is 21.6. The summed E-state index contributed by atoms with van der Waals surface area (Å²) < 4.78 is 13.4. The molecule has 0 saturated carbocycles. The van der Waals surface area contributed by atoms with Gasteiger partial charge in [0, 0.05) is 30.1 Å². The summed E-state index contributed by atoms with van der Waals surface area (Å²) in [6.45, 7) is 0.208. The van der Waals surface area contributed by atoms with Crippen molar-refractivity contribution < 1.29 is 19.1 Å². The molecule has 1 rings (SSSR count). The highest BCUT2D eigenvalue weighted by Gasteiger charge is 2.08. The lowest BCUT2D eigenvalue weighted by Gasteiger charge is -2.09. The number of nitrogens with one attached hydrogen (secondary N) is 2. The molecule has 5 nitrogen and oxygen atoms in total. The Morgan fingerprint density at radius 1 is 1.32 bits per heavy atom. The zero-order valence-corrected chi connectivity index (χ0v) is 10.8. The normalized spacial score (nSPS) is 10.0. The van der Waals surface area contributed by atoms with Crippen LogP contribution in [0, 0.1) is 5.82 Å². The van der Waals surface area contributed by atoms with Crippen LogP contribution in [-0.4, -0.2) is 23.7 Å². The third-order valence-electron chi connectivity index (χ3n) is 2.34. The van der Waals surface area contributed by atoms with E-state index in [1.807, 2.05) is 0 Å². The van der Waals surface area contributed by atoms with Crippen LogP contribution in [0.2, 0.25) is 5.02 Å². The summed E-state index contributed by atoms with van der Waals surface area (Å²) >= 11 is 5.80. The first-order valence-corrected chi connectivity index (χ1v) is 6.05. The largest absolute Gasteiger partial charge is 0.481 e. The summed E-state index contributed by atoms with van der Waals surface area (Å²) in [6.07, 6.45) is 0.322. The van der Waals surface area contributed by atoms with Gasteiger partial charge in [0.1, 0.15) is 5.82 Å². The number of carboxylic acids is 1. The molecule has 104 valence electrons. The van der Waals surface area contributed by atoms with Crippen molar-refractivity contribution in [3.8, 4) is 0 Å². The molecule has 1 aromatic carbocycles. The minimum atomic E-state index is -0.916. The molecule has 0 heterocycles. The van der Waals surface area contributed by atoms with Gasteiger partial charge in [0.05, 0.1) is 0 Å². The number of benzene rings is 1. The lowest BCUT2D eigenvalue weighted by Crippen LogP contribution is -2.35. The van der Waals surface area contributed by atoms with E-state index in [-0.39, 0.29) is 30.1 Å². The zero-order valence-electron chi connectivity index (χ0n) is 10.1. The topological polar surface area (TPSA) is 78.4 Å². The fraction of sp³-hybridized carbons (Fsp3) is 0.333. The number of rotatable bonds is 6. The molecule has 0 saturated heterocycles. The van der Waals surface area contributed by atoms with Crippen molar-refractivity contribution in [1.29, 1.82) is 0 Å². The van der Waals surface area contributed by atoms with Crippen molar-refractivity contribution >= 4 is 23.6 Å². The smallest absolute Gasteiger partial charge is 0.315 e. The highest BCUT2D eigenvalue weighted by atomic mass is 35.5. The highest BCUT2D eigenvalue weighted by Crippen LogP contribution is 2.18. The number of carboxylic acid groups (broad SMARTS) is 1. The number of carbonyl (C=O) groups is 2. The molecule has 0 aromatic heterocycles. The summed E-state index contributed by atoms with van der Waals surface area (Å²) in [5, 5.41) is 13.6. The molecular formula is C12H14ClFN2O3. The zero-order chi connectivity index (χ0) is 14.3. The molecular weight excluding hydrogens is 275 g/mol. The Hall–Kier alpha value is -1.82. The third kappa shape index (κ3) is 5.56. The van der Waals surface area contributed by atoms with Crippen molar-refractivity contribution in [2.75, 3.05) is 6.54 Å². The van der Waals surface area contributed by atoms with Gasteiger partial charge in [-0.2, -0.15) is 0 Å². The van der Waals surface area contributed by atoms with Gasteiger partial charge in [-0.25, -0.2) is 9.18 Å². The second-order valence-electron chi connectivity index (χ2n) is 3.81. The van der Waals surface area contributed by atoms with Crippen LogP contribution in [-0.2, 0) is 11.3 Å². The molecule has 19 heavy (non-hydrogen) atoms. The Morgan fingerprint density at radius 3 is 2.68 bits per heavy atom. The number of hydrogen-bond donors (Lipinski definition) is 3. The molecule has 0 unspecified atom stereocenters. The fourth-order valence-electron chi connectivity index (χ4n) is 1.37. The molecule has 0 radical (unpaired) electrons. The summed E-state index contributed by atoms with van der Waals surface area (Å²) in [7, 11) is 0. The van der Waals surface area contributed by atoms with Crippen LogP contribution in [0.15, 0.2) is 18.2 Å². The van der Waals surface area contributed by atoms with Gasteiger partial charge < -0.3 is 15.7 Å². The molecule has 0 spiro atoms. The van der Waals surface area contributed by atoms with Gasteiger partial charge >= 0.3 is 12.0 Å². The second-order valence-corrected chi connectivity index (χ2v) is 4.21. The molecule has 0 aliphatic heterocycles. The number of halogens is 2. The maximum atomic E-state index is 13.4.